The minimum Gasteiger partial charge on any atom is -0.481 e. The lowest BCUT2D eigenvalue weighted by atomic mass is 9.88. The molecule has 138 valence electrons. The lowest BCUT2D eigenvalue weighted by Gasteiger charge is -2.23. The molecule has 0 spiro atoms. The number of oxazole rings is 1. The van der Waals surface area contributed by atoms with Crippen molar-refractivity contribution < 1.29 is 23.8 Å². The first-order valence-electron chi connectivity index (χ1n) is 8.14. The number of hydrogen-bond acceptors (Lipinski definition) is 5. The molecule has 1 fully saturated rings. The molecule has 1 N–H and O–H groups in total. The van der Waals surface area contributed by atoms with Crippen LogP contribution in [0.25, 0.3) is 11.5 Å². The Morgan fingerprint density at radius 2 is 2.12 bits per heavy atom. The topological polar surface area (TPSA) is 92.9 Å². The number of aliphatic carboxylic acids is 1. The quantitative estimate of drug-likeness (QED) is 0.830. The van der Waals surface area contributed by atoms with Gasteiger partial charge in [0.2, 0.25) is 11.8 Å². The predicted octanol–water partition coefficient (Wildman–Crippen LogP) is 2.49. The van der Waals surface area contributed by atoms with Gasteiger partial charge in [0.15, 0.2) is 0 Å². The van der Waals surface area contributed by atoms with Crippen LogP contribution in [0.2, 0.25) is 5.02 Å². The lowest BCUT2D eigenvalue weighted by molar-refractivity contribution is -0.151. The van der Waals surface area contributed by atoms with Gasteiger partial charge in [-0.2, -0.15) is 0 Å². The fourth-order valence-corrected chi connectivity index (χ4v) is 3.22. The number of rotatable bonds is 6. The first-order valence-corrected chi connectivity index (χ1v) is 8.52. The van der Waals surface area contributed by atoms with E-state index in [9.17, 15) is 14.7 Å². The zero-order chi connectivity index (χ0) is 18.7. The predicted molar refractivity (Wildman–Crippen MR) is 93.8 cm³/mol. The van der Waals surface area contributed by atoms with Gasteiger partial charge in [-0.1, -0.05) is 11.6 Å². The van der Waals surface area contributed by atoms with E-state index in [-0.39, 0.29) is 25.5 Å². The van der Waals surface area contributed by atoms with Gasteiger partial charge >= 0.3 is 5.97 Å². The summed E-state index contributed by atoms with van der Waals surface area (Å²) in [6.45, 7) is 0.601. The Kier molecular flexibility index (Phi) is 5.29. The first-order chi connectivity index (χ1) is 12.4. The summed E-state index contributed by atoms with van der Waals surface area (Å²) < 4.78 is 10.5. The average Bonchev–Trinajstić information content (AvgIpc) is 3.24. The number of carboxylic acids is 1. The Morgan fingerprint density at radius 1 is 1.38 bits per heavy atom. The summed E-state index contributed by atoms with van der Waals surface area (Å²) in [5, 5.41) is 10.1. The van der Waals surface area contributed by atoms with Gasteiger partial charge in [0.25, 0.3) is 0 Å². The Labute approximate surface area is 155 Å². The summed E-state index contributed by atoms with van der Waals surface area (Å²) in [7, 11) is 1.46. The van der Waals surface area contributed by atoms with Crippen molar-refractivity contribution in [3.8, 4) is 11.5 Å². The maximum absolute atomic E-state index is 12.5. The van der Waals surface area contributed by atoms with E-state index in [1.807, 2.05) is 0 Å². The van der Waals surface area contributed by atoms with Crippen LogP contribution < -0.4 is 0 Å². The van der Waals surface area contributed by atoms with Crippen LogP contribution in [-0.4, -0.2) is 53.7 Å². The number of carbonyl (C=O) groups is 2. The summed E-state index contributed by atoms with van der Waals surface area (Å²) in [6.07, 6.45) is 1.87. The van der Waals surface area contributed by atoms with Gasteiger partial charge in [-0.15, -0.1) is 0 Å². The van der Waals surface area contributed by atoms with E-state index >= 15 is 0 Å². The number of nitrogens with zero attached hydrogens (tertiary/aromatic N) is 2. The van der Waals surface area contributed by atoms with E-state index in [1.54, 1.807) is 29.2 Å². The monoisotopic (exact) mass is 378 g/mol. The highest BCUT2D eigenvalue weighted by Gasteiger charge is 2.46. The highest BCUT2D eigenvalue weighted by atomic mass is 35.5. The van der Waals surface area contributed by atoms with E-state index < -0.39 is 11.4 Å². The molecular weight excluding hydrogens is 360 g/mol. The molecule has 2 heterocycles. The molecule has 1 aliphatic rings. The maximum Gasteiger partial charge on any atom is 0.313 e. The number of aromatic nitrogens is 1. The van der Waals surface area contributed by atoms with Crippen LogP contribution in [0.15, 0.2) is 34.9 Å². The summed E-state index contributed by atoms with van der Waals surface area (Å²) in [5.41, 5.74) is 0.224. The SMILES string of the molecule is COCC1(C(=O)O)CCN(C(=O)Cc2coc(-c3ccc(Cl)cc3)n2)C1. The second kappa shape index (κ2) is 7.47. The zero-order valence-electron chi connectivity index (χ0n) is 14.3. The third kappa shape index (κ3) is 3.73. The Bertz CT molecular complexity index is 804. The molecule has 7 nitrogen and oxygen atoms in total. The number of hydrogen-bond donors (Lipinski definition) is 1. The van der Waals surface area contributed by atoms with Crippen LogP contribution in [0, 0.1) is 5.41 Å². The number of halogens is 1. The van der Waals surface area contributed by atoms with Gasteiger partial charge in [-0.05, 0) is 30.7 Å². The van der Waals surface area contributed by atoms with Gasteiger partial charge in [0.1, 0.15) is 11.7 Å². The Morgan fingerprint density at radius 3 is 2.77 bits per heavy atom. The first kappa shape index (κ1) is 18.4. The second-order valence-electron chi connectivity index (χ2n) is 6.41. The molecule has 0 saturated carbocycles. The van der Waals surface area contributed by atoms with Gasteiger partial charge in [-0.3, -0.25) is 9.59 Å². The van der Waals surface area contributed by atoms with E-state index in [0.717, 1.165) is 5.56 Å². The Hall–Kier alpha value is -2.38. The number of carboxylic acid groups (broad SMARTS) is 1. The van der Waals surface area contributed by atoms with Gasteiger partial charge in [0.05, 0.1) is 18.7 Å². The van der Waals surface area contributed by atoms with Crippen molar-refractivity contribution in [2.75, 3.05) is 26.8 Å². The summed E-state index contributed by atoms with van der Waals surface area (Å²) >= 11 is 5.86. The molecule has 1 atom stereocenters. The molecular formula is C18H19ClN2O5. The molecule has 1 unspecified atom stereocenters. The standard InChI is InChI=1S/C18H19ClN2O5/c1-25-11-18(17(23)24)6-7-21(10-18)15(22)8-14-9-26-16(20-14)12-2-4-13(19)5-3-12/h2-5,9H,6-8,10-11H2,1H3,(H,23,24). The average molecular weight is 379 g/mol. The molecule has 0 bridgehead atoms. The highest BCUT2D eigenvalue weighted by Crippen LogP contribution is 2.31. The van der Waals surface area contributed by atoms with E-state index in [4.69, 9.17) is 20.8 Å². The van der Waals surface area contributed by atoms with Crippen molar-refractivity contribution in [1.82, 2.24) is 9.88 Å². The highest BCUT2D eigenvalue weighted by molar-refractivity contribution is 6.30. The number of likely N-dealkylation sites (tertiary alicyclic amines) is 1. The minimum atomic E-state index is -1.04. The van der Waals surface area contributed by atoms with Crippen molar-refractivity contribution in [3.63, 3.8) is 0 Å². The van der Waals surface area contributed by atoms with Crippen LogP contribution in [-0.2, 0) is 20.7 Å². The summed E-state index contributed by atoms with van der Waals surface area (Å²) in [6, 6.07) is 7.03. The molecule has 0 aliphatic carbocycles. The summed E-state index contributed by atoms with van der Waals surface area (Å²) in [5.74, 6) is -0.716. The van der Waals surface area contributed by atoms with Crippen molar-refractivity contribution in [2.24, 2.45) is 5.41 Å². The van der Waals surface area contributed by atoms with E-state index in [0.29, 0.717) is 29.6 Å². The fourth-order valence-electron chi connectivity index (χ4n) is 3.10. The van der Waals surface area contributed by atoms with Gasteiger partial charge < -0.3 is 19.2 Å². The third-order valence-electron chi connectivity index (χ3n) is 4.56. The molecule has 1 aromatic carbocycles. The number of carbonyl (C=O) groups excluding carboxylic acids is 1. The molecule has 2 aromatic rings. The van der Waals surface area contributed by atoms with Crippen LogP contribution >= 0.6 is 11.6 Å². The molecule has 1 saturated heterocycles. The van der Waals surface area contributed by atoms with Crippen LogP contribution in [0.5, 0.6) is 0 Å². The number of methoxy groups -OCH3 is 1. The minimum absolute atomic E-state index is 0.0553. The number of benzene rings is 1. The number of ether oxygens (including phenoxy) is 1. The molecule has 3 rings (SSSR count). The van der Waals surface area contributed by atoms with Crippen LogP contribution in [0.4, 0.5) is 0 Å². The largest absolute Gasteiger partial charge is 0.481 e. The molecule has 0 radical (unpaired) electrons. The van der Waals surface area contributed by atoms with E-state index in [1.165, 1.54) is 13.4 Å². The van der Waals surface area contributed by atoms with Gasteiger partial charge in [0, 0.05) is 30.8 Å². The molecule has 1 amide bonds. The van der Waals surface area contributed by atoms with Crippen molar-refractivity contribution in [1.29, 1.82) is 0 Å². The van der Waals surface area contributed by atoms with Crippen molar-refractivity contribution in [3.05, 3.63) is 41.2 Å². The zero-order valence-corrected chi connectivity index (χ0v) is 15.0. The van der Waals surface area contributed by atoms with Crippen molar-refractivity contribution in [2.45, 2.75) is 12.8 Å². The summed E-state index contributed by atoms with van der Waals surface area (Å²) in [4.78, 5) is 30.0. The maximum atomic E-state index is 12.5. The molecule has 26 heavy (non-hydrogen) atoms. The van der Waals surface area contributed by atoms with Crippen molar-refractivity contribution >= 4 is 23.5 Å². The lowest BCUT2D eigenvalue weighted by Crippen LogP contribution is -2.40. The number of amides is 1. The second-order valence-corrected chi connectivity index (χ2v) is 6.85. The van der Waals surface area contributed by atoms with E-state index in [2.05, 4.69) is 4.98 Å². The molecule has 1 aromatic heterocycles. The molecule has 1 aliphatic heterocycles. The van der Waals surface area contributed by atoms with Crippen LogP contribution in [0.3, 0.4) is 0 Å². The smallest absolute Gasteiger partial charge is 0.313 e. The molecule has 8 heteroatoms. The fraction of sp³-hybridized carbons (Fsp3) is 0.389. The van der Waals surface area contributed by atoms with Gasteiger partial charge in [-0.25, -0.2) is 4.98 Å². The Balaban J connectivity index is 1.66. The van der Waals surface area contributed by atoms with Crippen LogP contribution in [0.1, 0.15) is 12.1 Å². The normalized spacial score (nSPS) is 19.7. The third-order valence-corrected chi connectivity index (χ3v) is 4.81.